The number of carbonyl (C=O) groups is 1. The second kappa shape index (κ2) is 3.20. The van der Waals surface area contributed by atoms with Gasteiger partial charge in [0.1, 0.15) is 0 Å². The zero-order valence-electron chi connectivity index (χ0n) is 7.45. The second-order valence-electron chi connectivity index (χ2n) is 3.11. The molecule has 1 heterocycles. The molecule has 2 rings (SSSR count). The summed E-state index contributed by atoms with van der Waals surface area (Å²) in [7, 11) is 0. The molecule has 1 aromatic heterocycles. The Balaban J connectivity index is 2.07. The van der Waals surface area contributed by atoms with Gasteiger partial charge in [-0.25, -0.2) is 4.79 Å². The Bertz CT molecular complexity index is 314. The molecule has 0 saturated heterocycles. The fourth-order valence-corrected chi connectivity index (χ4v) is 1.16. The zero-order valence-corrected chi connectivity index (χ0v) is 7.45. The lowest BCUT2D eigenvalue weighted by molar-refractivity contribution is 0.0479. The lowest BCUT2D eigenvalue weighted by atomic mass is 10.3. The molecule has 1 aliphatic carbocycles. The highest BCUT2D eigenvalue weighted by atomic mass is 16.6. The van der Waals surface area contributed by atoms with Gasteiger partial charge in [0.2, 0.25) is 5.76 Å². The number of nitrogens with zero attached hydrogens (tertiary/aromatic N) is 1. The molecular formula is C9H11NO3. The van der Waals surface area contributed by atoms with Gasteiger partial charge in [-0.1, -0.05) is 5.16 Å². The third kappa shape index (κ3) is 1.71. The van der Waals surface area contributed by atoms with Crippen LogP contribution in [0.1, 0.15) is 41.9 Å². The lowest BCUT2D eigenvalue weighted by Gasteiger charge is -1.94. The molecule has 0 N–H and O–H groups in total. The van der Waals surface area contributed by atoms with E-state index < -0.39 is 5.97 Å². The average Bonchev–Trinajstić information content (AvgIpc) is 2.84. The molecule has 1 saturated carbocycles. The quantitative estimate of drug-likeness (QED) is 0.666. The molecule has 0 atom stereocenters. The molecule has 0 bridgehead atoms. The van der Waals surface area contributed by atoms with E-state index in [1.54, 1.807) is 13.0 Å². The van der Waals surface area contributed by atoms with Crippen LogP contribution in [0.5, 0.6) is 0 Å². The minimum atomic E-state index is -0.429. The molecule has 1 fully saturated rings. The molecule has 0 unspecified atom stereocenters. The van der Waals surface area contributed by atoms with Crippen LogP contribution in [-0.4, -0.2) is 17.7 Å². The van der Waals surface area contributed by atoms with Crippen molar-refractivity contribution in [3.8, 4) is 0 Å². The first kappa shape index (κ1) is 8.29. The van der Waals surface area contributed by atoms with Crippen LogP contribution in [0.25, 0.3) is 0 Å². The predicted octanol–water partition coefficient (Wildman–Crippen LogP) is 1.73. The molecule has 0 aromatic carbocycles. The van der Waals surface area contributed by atoms with Gasteiger partial charge in [0, 0.05) is 12.0 Å². The van der Waals surface area contributed by atoms with Crippen LogP contribution in [0.3, 0.4) is 0 Å². The molecule has 70 valence electrons. The van der Waals surface area contributed by atoms with Crippen LogP contribution in [0.15, 0.2) is 10.6 Å². The average molecular weight is 181 g/mol. The molecule has 4 heteroatoms. The standard InChI is InChI=1S/C9H11NO3/c1-2-12-9(11)8-5-7(10-13-8)6-3-4-6/h5-6H,2-4H2,1H3. The van der Waals surface area contributed by atoms with E-state index in [9.17, 15) is 4.79 Å². The van der Waals surface area contributed by atoms with E-state index in [0.29, 0.717) is 12.5 Å². The van der Waals surface area contributed by atoms with Gasteiger partial charge in [0.05, 0.1) is 12.3 Å². The predicted molar refractivity (Wildman–Crippen MR) is 44.4 cm³/mol. The molecule has 13 heavy (non-hydrogen) atoms. The summed E-state index contributed by atoms with van der Waals surface area (Å²) in [4.78, 5) is 11.1. The highest BCUT2D eigenvalue weighted by Crippen LogP contribution is 2.39. The Morgan fingerprint density at radius 3 is 3.15 bits per heavy atom. The Morgan fingerprint density at radius 2 is 2.54 bits per heavy atom. The smallest absolute Gasteiger partial charge is 0.377 e. The number of ether oxygens (including phenoxy) is 1. The molecule has 4 nitrogen and oxygen atoms in total. The zero-order chi connectivity index (χ0) is 9.26. The summed E-state index contributed by atoms with van der Waals surface area (Å²) in [6.45, 7) is 2.12. The van der Waals surface area contributed by atoms with Crippen molar-refractivity contribution in [1.29, 1.82) is 0 Å². The van der Waals surface area contributed by atoms with Crippen molar-refractivity contribution in [3.05, 3.63) is 17.5 Å². The summed E-state index contributed by atoms with van der Waals surface area (Å²) < 4.78 is 9.62. The van der Waals surface area contributed by atoms with E-state index in [4.69, 9.17) is 9.26 Å². The van der Waals surface area contributed by atoms with Crippen molar-refractivity contribution in [2.45, 2.75) is 25.7 Å². The summed E-state index contributed by atoms with van der Waals surface area (Å²) >= 11 is 0. The molecule has 1 aliphatic rings. The third-order valence-corrected chi connectivity index (χ3v) is 2.00. The summed E-state index contributed by atoms with van der Waals surface area (Å²) in [6, 6.07) is 1.68. The number of carbonyl (C=O) groups excluding carboxylic acids is 1. The molecule has 0 spiro atoms. The van der Waals surface area contributed by atoms with Gasteiger partial charge in [-0.05, 0) is 19.8 Å². The first-order valence-electron chi connectivity index (χ1n) is 4.45. The van der Waals surface area contributed by atoms with Crippen LogP contribution in [0, 0.1) is 0 Å². The van der Waals surface area contributed by atoms with Crippen molar-refractivity contribution in [1.82, 2.24) is 5.16 Å². The number of rotatable bonds is 3. The lowest BCUT2D eigenvalue weighted by Crippen LogP contribution is -2.02. The largest absolute Gasteiger partial charge is 0.460 e. The SMILES string of the molecule is CCOC(=O)c1cc(C2CC2)no1. The van der Waals surface area contributed by atoms with Crippen molar-refractivity contribution < 1.29 is 14.1 Å². The van der Waals surface area contributed by atoms with Gasteiger partial charge in [-0.15, -0.1) is 0 Å². The minimum Gasteiger partial charge on any atom is -0.460 e. The van der Waals surface area contributed by atoms with Crippen molar-refractivity contribution in [2.75, 3.05) is 6.61 Å². The number of esters is 1. The second-order valence-corrected chi connectivity index (χ2v) is 3.11. The van der Waals surface area contributed by atoms with Crippen LogP contribution < -0.4 is 0 Å². The first-order valence-corrected chi connectivity index (χ1v) is 4.45. The maximum absolute atomic E-state index is 11.1. The summed E-state index contributed by atoms with van der Waals surface area (Å²) in [6.07, 6.45) is 2.30. The third-order valence-electron chi connectivity index (χ3n) is 2.00. The molecular weight excluding hydrogens is 170 g/mol. The molecule has 1 aromatic rings. The number of hydrogen-bond donors (Lipinski definition) is 0. The molecule has 0 amide bonds. The number of hydrogen-bond acceptors (Lipinski definition) is 4. The van der Waals surface area contributed by atoms with E-state index in [0.717, 1.165) is 18.5 Å². The summed E-state index contributed by atoms with van der Waals surface area (Å²) in [5.41, 5.74) is 0.878. The van der Waals surface area contributed by atoms with Gasteiger partial charge in [-0.3, -0.25) is 0 Å². The monoisotopic (exact) mass is 181 g/mol. The maximum Gasteiger partial charge on any atom is 0.377 e. The van der Waals surface area contributed by atoms with Crippen molar-refractivity contribution in [2.24, 2.45) is 0 Å². The topological polar surface area (TPSA) is 52.3 Å². The van der Waals surface area contributed by atoms with Gasteiger partial charge in [-0.2, -0.15) is 0 Å². The highest BCUT2D eigenvalue weighted by Gasteiger charge is 2.28. The highest BCUT2D eigenvalue weighted by molar-refractivity contribution is 5.86. The first-order chi connectivity index (χ1) is 6.31. The van der Waals surface area contributed by atoms with Crippen molar-refractivity contribution in [3.63, 3.8) is 0 Å². The van der Waals surface area contributed by atoms with E-state index in [1.807, 2.05) is 0 Å². The van der Waals surface area contributed by atoms with E-state index in [2.05, 4.69) is 5.16 Å². The van der Waals surface area contributed by atoms with Crippen molar-refractivity contribution >= 4 is 5.97 Å². The molecule has 0 radical (unpaired) electrons. The van der Waals surface area contributed by atoms with Crippen LogP contribution in [0.4, 0.5) is 0 Å². The van der Waals surface area contributed by atoms with Crippen LogP contribution in [-0.2, 0) is 4.74 Å². The fourth-order valence-electron chi connectivity index (χ4n) is 1.16. The Hall–Kier alpha value is -1.32. The van der Waals surface area contributed by atoms with Crippen LogP contribution in [0.2, 0.25) is 0 Å². The maximum atomic E-state index is 11.1. The minimum absolute atomic E-state index is 0.212. The Morgan fingerprint density at radius 1 is 1.77 bits per heavy atom. The normalized spacial score (nSPS) is 15.8. The van der Waals surface area contributed by atoms with Gasteiger partial charge >= 0.3 is 5.97 Å². The fraction of sp³-hybridized carbons (Fsp3) is 0.556. The van der Waals surface area contributed by atoms with E-state index in [1.165, 1.54) is 0 Å². The Labute approximate surface area is 75.9 Å². The van der Waals surface area contributed by atoms with Gasteiger partial charge in [0.25, 0.3) is 0 Å². The number of aromatic nitrogens is 1. The van der Waals surface area contributed by atoms with Crippen LogP contribution >= 0.6 is 0 Å². The summed E-state index contributed by atoms with van der Waals surface area (Å²) in [5.74, 6) is 0.289. The van der Waals surface area contributed by atoms with Gasteiger partial charge < -0.3 is 9.26 Å². The van der Waals surface area contributed by atoms with E-state index >= 15 is 0 Å². The van der Waals surface area contributed by atoms with Gasteiger partial charge in [0.15, 0.2) is 0 Å². The molecule has 0 aliphatic heterocycles. The Kier molecular flexibility index (Phi) is 2.04. The van der Waals surface area contributed by atoms with E-state index in [-0.39, 0.29) is 5.76 Å². The summed E-state index contributed by atoms with van der Waals surface area (Å²) in [5, 5.41) is 3.81.